The molecule has 2 unspecified atom stereocenters. The second-order valence-electron chi connectivity index (χ2n) is 4.03. The molecule has 0 saturated heterocycles. The second kappa shape index (κ2) is 8.01. The van der Waals surface area contributed by atoms with Crippen molar-refractivity contribution in [1.82, 2.24) is 5.32 Å². The minimum atomic E-state index is -0.499. The van der Waals surface area contributed by atoms with E-state index in [-0.39, 0.29) is 36.2 Å². The first-order chi connectivity index (χ1) is 9.08. The molecule has 6 heteroatoms. The van der Waals surface area contributed by atoms with Crippen LogP contribution in [0.25, 0.3) is 0 Å². The SMILES string of the molecule is CSC(CO)C(C)NC(=O)COc1ccccc1F. The number of benzene rings is 1. The van der Waals surface area contributed by atoms with Crippen molar-refractivity contribution in [1.29, 1.82) is 0 Å². The summed E-state index contributed by atoms with van der Waals surface area (Å²) < 4.78 is 18.3. The highest BCUT2D eigenvalue weighted by Crippen LogP contribution is 2.15. The number of carbonyl (C=O) groups is 1. The van der Waals surface area contributed by atoms with Gasteiger partial charge in [0.15, 0.2) is 18.2 Å². The number of nitrogens with one attached hydrogen (secondary N) is 1. The van der Waals surface area contributed by atoms with Crippen LogP contribution >= 0.6 is 11.8 Å². The molecule has 1 aromatic rings. The van der Waals surface area contributed by atoms with E-state index < -0.39 is 5.82 Å². The van der Waals surface area contributed by atoms with Crippen LogP contribution in [0.5, 0.6) is 5.75 Å². The van der Waals surface area contributed by atoms with Gasteiger partial charge < -0.3 is 15.2 Å². The standard InChI is InChI=1S/C13H18FNO3S/c1-9(12(7-16)19-2)15-13(17)8-18-11-6-4-3-5-10(11)14/h3-6,9,12,16H,7-8H2,1-2H3,(H,15,17). The van der Waals surface area contributed by atoms with Crippen molar-refractivity contribution in [3.8, 4) is 5.75 Å². The van der Waals surface area contributed by atoms with Crippen LogP contribution in [0.1, 0.15) is 6.92 Å². The van der Waals surface area contributed by atoms with E-state index in [1.807, 2.05) is 6.26 Å². The Labute approximate surface area is 116 Å². The van der Waals surface area contributed by atoms with Gasteiger partial charge in [0.1, 0.15) is 0 Å². The second-order valence-corrected chi connectivity index (χ2v) is 5.11. The molecule has 4 nitrogen and oxygen atoms in total. The Kier molecular flexibility index (Phi) is 6.66. The summed E-state index contributed by atoms with van der Waals surface area (Å²) in [6, 6.07) is 5.73. The van der Waals surface area contributed by atoms with Gasteiger partial charge in [0.2, 0.25) is 0 Å². The fourth-order valence-electron chi connectivity index (χ4n) is 1.53. The van der Waals surface area contributed by atoms with Crippen LogP contribution in [0.15, 0.2) is 24.3 Å². The maximum absolute atomic E-state index is 13.2. The van der Waals surface area contributed by atoms with Gasteiger partial charge in [0.05, 0.1) is 6.61 Å². The monoisotopic (exact) mass is 287 g/mol. The van der Waals surface area contributed by atoms with E-state index in [2.05, 4.69) is 5.32 Å². The molecule has 0 spiro atoms. The van der Waals surface area contributed by atoms with Crippen LogP contribution in [0, 0.1) is 5.82 Å². The van der Waals surface area contributed by atoms with Gasteiger partial charge in [-0.2, -0.15) is 11.8 Å². The summed E-state index contributed by atoms with van der Waals surface area (Å²) in [4.78, 5) is 11.6. The summed E-state index contributed by atoms with van der Waals surface area (Å²) in [5, 5.41) is 11.7. The topological polar surface area (TPSA) is 58.6 Å². The summed E-state index contributed by atoms with van der Waals surface area (Å²) in [6.45, 7) is 1.53. The summed E-state index contributed by atoms with van der Waals surface area (Å²) in [7, 11) is 0. The third-order valence-electron chi connectivity index (χ3n) is 2.62. The maximum Gasteiger partial charge on any atom is 0.258 e. The van der Waals surface area contributed by atoms with E-state index in [4.69, 9.17) is 9.84 Å². The molecule has 19 heavy (non-hydrogen) atoms. The Morgan fingerprint density at radius 3 is 2.79 bits per heavy atom. The van der Waals surface area contributed by atoms with Gasteiger partial charge in [-0.25, -0.2) is 4.39 Å². The molecule has 0 radical (unpaired) electrons. The lowest BCUT2D eigenvalue weighted by atomic mass is 10.2. The van der Waals surface area contributed by atoms with E-state index in [0.29, 0.717) is 0 Å². The van der Waals surface area contributed by atoms with E-state index in [1.165, 1.54) is 23.9 Å². The molecule has 106 valence electrons. The van der Waals surface area contributed by atoms with Crippen molar-refractivity contribution < 1.29 is 19.0 Å². The lowest BCUT2D eigenvalue weighted by Gasteiger charge is -2.21. The molecule has 0 saturated carbocycles. The van der Waals surface area contributed by atoms with Gasteiger partial charge in [0.25, 0.3) is 5.91 Å². The molecule has 0 aromatic heterocycles. The van der Waals surface area contributed by atoms with Crippen LogP contribution in [0.3, 0.4) is 0 Å². The Morgan fingerprint density at radius 2 is 2.21 bits per heavy atom. The molecule has 0 aliphatic carbocycles. The molecular formula is C13H18FNO3S. The number of halogens is 1. The number of thioether (sulfide) groups is 1. The van der Waals surface area contributed by atoms with Crippen LogP contribution in [-0.2, 0) is 4.79 Å². The quantitative estimate of drug-likeness (QED) is 0.796. The zero-order valence-electron chi connectivity index (χ0n) is 10.9. The third kappa shape index (κ3) is 5.08. The number of hydrogen-bond acceptors (Lipinski definition) is 4. The van der Waals surface area contributed by atoms with Gasteiger partial charge in [-0.05, 0) is 25.3 Å². The first kappa shape index (κ1) is 15.8. The lowest BCUT2D eigenvalue weighted by Crippen LogP contribution is -2.43. The van der Waals surface area contributed by atoms with Gasteiger partial charge >= 0.3 is 0 Å². The third-order valence-corrected chi connectivity index (χ3v) is 3.79. The number of aliphatic hydroxyl groups is 1. The predicted octanol–water partition coefficient (Wildman–Crippen LogP) is 1.43. The van der Waals surface area contributed by atoms with Gasteiger partial charge in [-0.3, -0.25) is 4.79 Å². The van der Waals surface area contributed by atoms with Crippen LogP contribution in [0.2, 0.25) is 0 Å². The number of rotatable bonds is 7. The highest BCUT2D eigenvalue weighted by Gasteiger charge is 2.17. The molecule has 0 bridgehead atoms. The van der Waals surface area contributed by atoms with Crippen molar-refractivity contribution in [3.63, 3.8) is 0 Å². The fourth-order valence-corrected chi connectivity index (χ4v) is 2.16. The summed E-state index contributed by atoms with van der Waals surface area (Å²) >= 11 is 1.47. The van der Waals surface area contributed by atoms with E-state index in [1.54, 1.807) is 19.1 Å². The highest BCUT2D eigenvalue weighted by molar-refractivity contribution is 7.99. The van der Waals surface area contributed by atoms with Gasteiger partial charge in [-0.1, -0.05) is 12.1 Å². The molecule has 1 rings (SSSR count). The van der Waals surface area contributed by atoms with E-state index in [9.17, 15) is 9.18 Å². The largest absolute Gasteiger partial charge is 0.481 e. The molecule has 0 heterocycles. The van der Waals surface area contributed by atoms with Crippen molar-refractivity contribution >= 4 is 17.7 Å². The molecule has 0 fully saturated rings. The normalized spacial score (nSPS) is 13.7. The summed E-state index contributed by atoms with van der Waals surface area (Å²) in [5.41, 5.74) is 0. The average Bonchev–Trinajstić information content (AvgIpc) is 2.39. The number of hydrogen-bond donors (Lipinski definition) is 2. The van der Waals surface area contributed by atoms with E-state index >= 15 is 0 Å². The highest BCUT2D eigenvalue weighted by atomic mass is 32.2. The van der Waals surface area contributed by atoms with Crippen molar-refractivity contribution in [2.45, 2.75) is 18.2 Å². The Morgan fingerprint density at radius 1 is 1.53 bits per heavy atom. The minimum Gasteiger partial charge on any atom is -0.481 e. The molecule has 2 N–H and O–H groups in total. The number of amides is 1. The smallest absolute Gasteiger partial charge is 0.258 e. The molecule has 1 amide bonds. The zero-order chi connectivity index (χ0) is 14.3. The molecule has 2 atom stereocenters. The van der Waals surface area contributed by atoms with E-state index in [0.717, 1.165) is 0 Å². The number of carbonyl (C=O) groups excluding carboxylic acids is 1. The molecule has 0 aliphatic rings. The molecular weight excluding hydrogens is 269 g/mol. The van der Waals surface area contributed by atoms with Crippen molar-refractivity contribution in [2.24, 2.45) is 0 Å². The summed E-state index contributed by atoms with van der Waals surface area (Å²) in [6.07, 6.45) is 1.86. The summed E-state index contributed by atoms with van der Waals surface area (Å²) in [5.74, 6) is -0.794. The fraction of sp³-hybridized carbons (Fsp3) is 0.462. The van der Waals surface area contributed by atoms with Crippen molar-refractivity contribution in [2.75, 3.05) is 19.5 Å². The molecule has 0 aliphatic heterocycles. The Hall–Kier alpha value is -1.27. The minimum absolute atomic E-state index is 0.0171. The molecule has 1 aromatic carbocycles. The predicted molar refractivity (Wildman–Crippen MR) is 73.9 cm³/mol. The first-order valence-electron chi connectivity index (χ1n) is 5.88. The van der Waals surface area contributed by atoms with Crippen LogP contribution < -0.4 is 10.1 Å². The number of aliphatic hydroxyl groups excluding tert-OH is 1. The van der Waals surface area contributed by atoms with Crippen LogP contribution in [-0.4, -0.2) is 41.8 Å². The maximum atomic E-state index is 13.2. The van der Waals surface area contributed by atoms with Gasteiger partial charge in [0, 0.05) is 11.3 Å². The lowest BCUT2D eigenvalue weighted by molar-refractivity contribution is -0.123. The van der Waals surface area contributed by atoms with Crippen LogP contribution in [0.4, 0.5) is 4.39 Å². The first-order valence-corrected chi connectivity index (χ1v) is 7.17. The van der Waals surface area contributed by atoms with Crippen molar-refractivity contribution in [3.05, 3.63) is 30.1 Å². The average molecular weight is 287 g/mol. The Bertz CT molecular complexity index is 413. The number of para-hydroxylation sites is 1. The number of ether oxygens (including phenoxy) is 1. The zero-order valence-corrected chi connectivity index (χ0v) is 11.7. The Balaban J connectivity index is 2.42. The van der Waals surface area contributed by atoms with Gasteiger partial charge in [-0.15, -0.1) is 0 Å².